The minimum atomic E-state index is -0.173. The first-order chi connectivity index (χ1) is 7.79. The van der Waals surface area contributed by atoms with Gasteiger partial charge in [0, 0.05) is 12.0 Å². The van der Waals surface area contributed by atoms with Crippen molar-refractivity contribution in [1.29, 1.82) is 0 Å². The topological polar surface area (TPSA) is 46.2 Å². The Morgan fingerprint density at radius 2 is 2.00 bits per heavy atom. The molecule has 0 heterocycles. The third kappa shape index (κ3) is 1.41. The van der Waals surface area contributed by atoms with E-state index in [1.165, 1.54) is 0 Å². The standard InChI is InChI=1S/C13H9NO2/c1-2-5-10-9-6-3-4-7-11(9)13(16)12(10)14-8-15/h1,3-4,6-8H,5H2,(H,14,15,16). The Labute approximate surface area is 93.2 Å². The number of hydrogen-bond donors (Lipinski definition) is 1. The normalized spacial score (nSPS) is 13.3. The van der Waals surface area contributed by atoms with E-state index < -0.39 is 0 Å². The summed E-state index contributed by atoms with van der Waals surface area (Å²) >= 11 is 0. The Bertz CT molecular complexity index is 535. The maximum absolute atomic E-state index is 11.9. The van der Waals surface area contributed by atoms with Crippen LogP contribution >= 0.6 is 0 Å². The minimum absolute atomic E-state index is 0.173. The van der Waals surface area contributed by atoms with E-state index in [9.17, 15) is 9.59 Å². The van der Waals surface area contributed by atoms with Crippen molar-refractivity contribution in [3.05, 3.63) is 41.1 Å². The fourth-order valence-corrected chi connectivity index (χ4v) is 1.85. The summed E-state index contributed by atoms with van der Waals surface area (Å²) in [7, 11) is 0. The molecule has 0 spiro atoms. The number of rotatable bonds is 3. The van der Waals surface area contributed by atoms with Crippen LogP contribution in [0.15, 0.2) is 30.0 Å². The molecule has 2 rings (SSSR count). The summed E-state index contributed by atoms with van der Waals surface area (Å²) in [5.74, 6) is 2.32. The van der Waals surface area contributed by atoms with E-state index in [1.54, 1.807) is 12.1 Å². The maximum Gasteiger partial charge on any atom is 0.211 e. The van der Waals surface area contributed by atoms with E-state index in [4.69, 9.17) is 6.42 Å². The van der Waals surface area contributed by atoms with Gasteiger partial charge in [-0.3, -0.25) is 9.59 Å². The van der Waals surface area contributed by atoms with Gasteiger partial charge in [-0.2, -0.15) is 0 Å². The van der Waals surface area contributed by atoms with Crippen LogP contribution in [0.1, 0.15) is 22.3 Å². The van der Waals surface area contributed by atoms with E-state index in [0.29, 0.717) is 24.1 Å². The SMILES string of the molecule is C#CCC1=C(NC=O)C(=O)c2ccccc21. The molecule has 1 aromatic rings. The molecule has 0 fully saturated rings. The number of allylic oxidation sites excluding steroid dienone is 2. The molecule has 16 heavy (non-hydrogen) atoms. The van der Waals surface area contributed by atoms with Gasteiger partial charge in [-0.15, -0.1) is 12.3 Å². The van der Waals surface area contributed by atoms with Crippen molar-refractivity contribution in [2.75, 3.05) is 0 Å². The summed E-state index contributed by atoms with van der Waals surface area (Å²) in [5.41, 5.74) is 2.43. The van der Waals surface area contributed by atoms with Gasteiger partial charge in [0.15, 0.2) is 0 Å². The van der Waals surface area contributed by atoms with Gasteiger partial charge in [0.05, 0.1) is 5.70 Å². The molecule has 3 heteroatoms. The van der Waals surface area contributed by atoms with Gasteiger partial charge < -0.3 is 5.32 Å². The predicted molar refractivity (Wildman–Crippen MR) is 60.3 cm³/mol. The molecule has 0 aliphatic heterocycles. The summed E-state index contributed by atoms with van der Waals surface area (Å²) < 4.78 is 0. The largest absolute Gasteiger partial charge is 0.325 e. The fraction of sp³-hybridized carbons (Fsp3) is 0.0769. The van der Waals surface area contributed by atoms with E-state index in [0.717, 1.165) is 11.1 Å². The average molecular weight is 211 g/mol. The number of benzene rings is 1. The monoisotopic (exact) mass is 211 g/mol. The predicted octanol–water partition coefficient (Wildman–Crippen LogP) is 1.36. The maximum atomic E-state index is 11.9. The number of fused-ring (bicyclic) bond motifs is 1. The number of hydrogen-bond acceptors (Lipinski definition) is 2. The van der Waals surface area contributed by atoms with E-state index in [1.807, 2.05) is 12.1 Å². The first-order valence-electron chi connectivity index (χ1n) is 4.80. The molecule has 0 unspecified atom stereocenters. The quantitative estimate of drug-likeness (QED) is 0.606. The van der Waals surface area contributed by atoms with Crippen molar-refractivity contribution >= 4 is 17.8 Å². The molecule has 1 aliphatic carbocycles. The number of terminal acetylenes is 1. The van der Waals surface area contributed by atoms with Crippen LogP contribution in [0.4, 0.5) is 0 Å². The fourth-order valence-electron chi connectivity index (χ4n) is 1.85. The van der Waals surface area contributed by atoms with Crippen molar-refractivity contribution in [3.8, 4) is 12.3 Å². The number of carbonyl (C=O) groups excluding carboxylic acids is 2. The van der Waals surface area contributed by atoms with Crippen LogP contribution in [0.2, 0.25) is 0 Å². The number of nitrogens with one attached hydrogen (secondary N) is 1. The van der Waals surface area contributed by atoms with Gasteiger partial charge in [0.25, 0.3) is 0 Å². The lowest BCUT2D eigenvalue weighted by Gasteiger charge is -2.01. The summed E-state index contributed by atoms with van der Waals surface area (Å²) in [6.07, 6.45) is 6.09. The highest BCUT2D eigenvalue weighted by Gasteiger charge is 2.28. The first-order valence-corrected chi connectivity index (χ1v) is 4.80. The van der Waals surface area contributed by atoms with Crippen LogP contribution in [-0.4, -0.2) is 12.2 Å². The lowest BCUT2D eigenvalue weighted by molar-refractivity contribution is -0.108. The highest BCUT2D eigenvalue weighted by molar-refractivity contribution is 6.21. The van der Waals surface area contributed by atoms with Crippen LogP contribution in [0.25, 0.3) is 5.57 Å². The molecule has 0 radical (unpaired) electrons. The molecule has 78 valence electrons. The van der Waals surface area contributed by atoms with Gasteiger partial charge in [0.2, 0.25) is 12.2 Å². The zero-order valence-electron chi connectivity index (χ0n) is 8.49. The van der Waals surface area contributed by atoms with Gasteiger partial charge in [-0.05, 0) is 11.1 Å². The summed E-state index contributed by atoms with van der Waals surface area (Å²) in [6.45, 7) is 0. The molecule has 1 aliphatic rings. The van der Waals surface area contributed by atoms with Gasteiger partial charge >= 0.3 is 0 Å². The molecule has 0 saturated carbocycles. The highest BCUT2D eigenvalue weighted by Crippen LogP contribution is 2.33. The summed E-state index contributed by atoms with van der Waals surface area (Å²) in [6, 6.07) is 7.19. The third-order valence-electron chi connectivity index (χ3n) is 2.51. The smallest absolute Gasteiger partial charge is 0.211 e. The Morgan fingerprint density at radius 1 is 1.31 bits per heavy atom. The molecular formula is C13H9NO2. The van der Waals surface area contributed by atoms with Gasteiger partial charge in [-0.25, -0.2) is 0 Å². The minimum Gasteiger partial charge on any atom is -0.325 e. The molecule has 1 N–H and O–H groups in total. The van der Waals surface area contributed by atoms with Gasteiger partial charge in [-0.1, -0.05) is 24.3 Å². The number of Topliss-reactive ketones (excluding diaryl/α,β-unsaturated/α-hetero) is 1. The third-order valence-corrected chi connectivity index (χ3v) is 2.51. The second kappa shape index (κ2) is 4.03. The van der Waals surface area contributed by atoms with Crippen LogP contribution in [-0.2, 0) is 4.79 Å². The summed E-state index contributed by atoms with van der Waals surface area (Å²) in [4.78, 5) is 22.4. The zero-order chi connectivity index (χ0) is 11.5. The lowest BCUT2D eigenvalue weighted by atomic mass is 10.0. The van der Waals surface area contributed by atoms with Crippen LogP contribution in [0.3, 0.4) is 0 Å². The molecule has 0 atom stereocenters. The Hall–Kier alpha value is -2.34. The highest BCUT2D eigenvalue weighted by atomic mass is 16.1. The molecule has 1 aromatic carbocycles. The lowest BCUT2D eigenvalue weighted by Crippen LogP contribution is -2.16. The molecule has 0 bridgehead atoms. The molecule has 3 nitrogen and oxygen atoms in total. The Morgan fingerprint density at radius 3 is 2.62 bits per heavy atom. The van der Waals surface area contributed by atoms with Crippen LogP contribution in [0.5, 0.6) is 0 Å². The van der Waals surface area contributed by atoms with Crippen LogP contribution in [0, 0.1) is 12.3 Å². The van der Waals surface area contributed by atoms with E-state index in [-0.39, 0.29) is 5.78 Å². The number of carbonyl (C=O) groups is 2. The van der Waals surface area contributed by atoms with Crippen molar-refractivity contribution < 1.29 is 9.59 Å². The van der Waals surface area contributed by atoms with Crippen molar-refractivity contribution in [2.24, 2.45) is 0 Å². The van der Waals surface area contributed by atoms with Crippen molar-refractivity contribution in [2.45, 2.75) is 6.42 Å². The number of amides is 1. The van der Waals surface area contributed by atoms with E-state index in [2.05, 4.69) is 11.2 Å². The van der Waals surface area contributed by atoms with E-state index >= 15 is 0 Å². The zero-order valence-corrected chi connectivity index (χ0v) is 8.49. The van der Waals surface area contributed by atoms with Crippen LogP contribution < -0.4 is 5.32 Å². The molecular weight excluding hydrogens is 202 g/mol. The molecule has 1 amide bonds. The Balaban J connectivity index is 2.58. The summed E-state index contributed by atoms with van der Waals surface area (Å²) in [5, 5.41) is 2.43. The number of ketones is 1. The van der Waals surface area contributed by atoms with Crippen molar-refractivity contribution in [3.63, 3.8) is 0 Å². The molecule has 0 aromatic heterocycles. The molecule has 0 saturated heterocycles. The average Bonchev–Trinajstić information content (AvgIpc) is 2.57. The Kier molecular flexibility index (Phi) is 2.57. The second-order valence-corrected chi connectivity index (χ2v) is 3.37. The van der Waals surface area contributed by atoms with Crippen molar-refractivity contribution in [1.82, 2.24) is 5.32 Å². The second-order valence-electron chi connectivity index (χ2n) is 3.37. The first kappa shape index (κ1) is 10.2. The van der Waals surface area contributed by atoms with Gasteiger partial charge in [0.1, 0.15) is 0 Å².